The number of fused-ring (bicyclic) bond motifs is 4. The van der Waals surface area contributed by atoms with Gasteiger partial charge in [0.2, 0.25) is 35.4 Å². The number of carbonyl (C=O) groups is 7. The summed E-state index contributed by atoms with van der Waals surface area (Å²) in [5.41, 5.74) is 4.25. The lowest BCUT2D eigenvalue weighted by Gasteiger charge is -2.33. The molecule has 4 N–H and O–H groups in total. The molecular weight excluding hydrogens is 915 g/mol. The van der Waals surface area contributed by atoms with Crippen LogP contribution in [0.25, 0.3) is 0 Å². The fraction of sp³-hybridized carbons (Fsp3) is 0.635. The minimum atomic E-state index is -0.826. The Morgan fingerprint density at radius 1 is 0.652 bits per heavy atom. The van der Waals surface area contributed by atoms with Crippen molar-refractivity contribution in [3.63, 3.8) is 0 Å². The first-order valence-electron chi connectivity index (χ1n) is 25.2. The summed E-state index contributed by atoms with van der Waals surface area (Å²) in [5.74, 6) is 0.336. The van der Waals surface area contributed by atoms with Gasteiger partial charge >= 0.3 is 6.09 Å². The predicted molar refractivity (Wildman–Crippen MR) is 269 cm³/mol. The molecule has 6 aliphatic rings. The van der Waals surface area contributed by atoms with E-state index in [0.29, 0.717) is 31.4 Å². The topological polar surface area (TPSA) is 187 Å². The lowest BCUT2D eigenvalue weighted by molar-refractivity contribution is -0.142. The second kappa shape index (κ2) is 23.0. The third kappa shape index (κ3) is 12.4. The van der Waals surface area contributed by atoms with E-state index in [2.05, 4.69) is 45.5 Å². The molecule has 0 aromatic heterocycles. The van der Waals surface area contributed by atoms with Gasteiger partial charge < -0.3 is 35.8 Å². The van der Waals surface area contributed by atoms with Gasteiger partial charge in [-0.3, -0.25) is 33.7 Å². The number of thioether (sulfide) groups is 2. The summed E-state index contributed by atoms with van der Waals surface area (Å²) in [6.45, 7) is 10.7. The van der Waals surface area contributed by atoms with Crippen LogP contribution in [0, 0.1) is 5.92 Å². The van der Waals surface area contributed by atoms with E-state index in [4.69, 9.17) is 4.74 Å². The number of aryl methyl sites for hydroxylation is 2. The summed E-state index contributed by atoms with van der Waals surface area (Å²) < 4.78 is 5.37. The normalized spacial score (nSPS) is 27.2. The maximum Gasteiger partial charge on any atom is 0.410 e. The summed E-state index contributed by atoms with van der Waals surface area (Å²) in [6, 6.07) is 13.3. The van der Waals surface area contributed by atoms with Crippen LogP contribution in [0.3, 0.4) is 0 Å². The molecule has 69 heavy (non-hydrogen) atoms. The Kier molecular flexibility index (Phi) is 17.3. The molecule has 8 rings (SSSR count). The highest BCUT2D eigenvalue weighted by Crippen LogP contribution is 2.39. The zero-order valence-electron chi connectivity index (χ0n) is 41.4. The minimum Gasteiger partial charge on any atom is -0.444 e. The van der Waals surface area contributed by atoms with Crippen molar-refractivity contribution in [3.8, 4) is 0 Å². The number of nitrogens with one attached hydrogen (secondary N) is 4. The van der Waals surface area contributed by atoms with Gasteiger partial charge in [0.1, 0.15) is 35.8 Å². The fourth-order valence-electron chi connectivity index (χ4n) is 10.3. The maximum atomic E-state index is 13.7. The molecule has 4 fully saturated rings. The summed E-state index contributed by atoms with van der Waals surface area (Å²) >= 11 is 3.39. The summed E-state index contributed by atoms with van der Waals surface area (Å²) in [5, 5.41) is 12.2. The van der Waals surface area contributed by atoms with Crippen LogP contribution in [0.2, 0.25) is 0 Å². The number of rotatable bonds is 10. The molecule has 0 bridgehead atoms. The summed E-state index contributed by atoms with van der Waals surface area (Å²) in [4.78, 5) is 96.5. The maximum absolute atomic E-state index is 13.7. The molecule has 0 radical (unpaired) electrons. The van der Waals surface area contributed by atoms with Crippen molar-refractivity contribution in [2.24, 2.45) is 5.92 Å². The number of carbonyl (C=O) groups excluding carboxylic acids is 7. The largest absolute Gasteiger partial charge is 0.444 e. The molecule has 15 nitrogen and oxygen atoms in total. The van der Waals surface area contributed by atoms with Crippen LogP contribution in [-0.2, 0) is 46.3 Å². The second-order valence-corrected chi connectivity index (χ2v) is 23.0. The summed E-state index contributed by atoms with van der Waals surface area (Å²) in [6.07, 6.45) is 9.98. The third-order valence-corrected chi connectivity index (χ3v) is 17.2. The number of amides is 7. The van der Waals surface area contributed by atoms with Crippen LogP contribution >= 0.6 is 23.5 Å². The Bertz CT molecular complexity index is 2220. The van der Waals surface area contributed by atoms with Gasteiger partial charge in [0.05, 0.1) is 22.8 Å². The molecule has 10 atom stereocenters. The van der Waals surface area contributed by atoms with Crippen molar-refractivity contribution in [2.75, 3.05) is 18.6 Å². The van der Waals surface area contributed by atoms with Gasteiger partial charge in [0, 0.05) is 13.0 Å². The van der Waals surface area contributed by atoms with Gasteiger partial charge in [-0.25, -0.2) is 4.79 Å². The highest BCUT2D eigenvalue weighted by atomic mass is 32.2. The first-order chi connectivity index (χ1) is 32.9. The second-order valence-electron chi connectivity index (χ2n) is 20.4. The van der Waals surface area contributed by atoms with Crippen molar-refractivity contribution >= 4 is 65.1 Å². The Balaban J connectivity index is 0.000000208. The van der Waals surface area contributed by atoms with Crippen LogP contribution < -0.4 is 21.3 Å². The Labute approximate surface area is 416 Å². The molecule has 0 saturated carbocycles. The van der Waals surface area contributed by atoms with E-state index < -0.39 is 47.8 Å². The molecule has 4 aliphatic heterocycles. The van der Waals surface area contributed by atoms with Crippen LogP contribution in [0.5, 0.6) is 0 Å². The van der Waals surface area contributed by atoms with Crippen molar-refractivity contribution in [1.29, 1.82) is 0 Å². The van der Waals surface area contributed by atoms with Crippen molar-refractivity contribution < 1.29 is 38.3 Å². The van der Waals surface area contributed by atoms with Gasteiger partial charge in [-0.15, -0.1) is 23.5 Å². The van der Waals surface area contributed by atoms with Gasteiger partial charge in [-0.1, -0.05) is 62.4 Å². The van der Waals surface area contributed by atoms with E-state index >= 15 is 0 Å². The Morgan fingerprint density at radius 2 is 1.10 bits per heavy atom. The Hall–Kier alpha value is -4.77. The van der Waals surface area contributed by atoms with Crippen LogP contribution in [0.15, 0.2) is 48.5 Å². The smallest absolute Gasteiger partial charge is 0.410 e. The van der Waals surface area contributed by atoms with Crippen molar-refractivity contribution in [2.45, 2.75) is 184 Å². The lowest BCUT2D eigenvalue weighted by Crippen LogP contribution is -2.57. The molecule has 0 spiro atoms. The highest BCUT2D eigenvalue weighted by Gasteiger charge is 2.47. The molecule has 0 unspecified atom stereocenters. The molecule has 376 valence electrons. The zero-order valence-corrected chi connectivity index (χ0v) is 43.1. The zero-order chi connectivity index (χ0) is 49.6. The SMILES string of the molecule is CC[C@@H](C)C(=O)N[C@H]1CCS[C@H]2CC[C@@H](C(=O)N[C@@H]3CCCc4ccccc43)N2C1=O.C[C@@H](C(=O)N[C@H]1CCS[C@H]2CC[C@@H](C(=O)N[C@@H]3CCCc4ccccc43)N2C1=O)N(C)C(=O)OC(C)(C)C. The van der Waals surface area contributed by atoms with E-state index in [1.54, 1.807) is 61.0 Å². The third-order valence-electron chi connectivity index (χ3n) is 14.5. The van der Waals surface area contributed by atoms with Gasteiger partial charge in [0.15, 0.2) is 0 Å². The molecule has 2 aromatic carbocycles. The number of nitrogens with zero attached hydrogens (tertiary/aromatic N) is 3. The van der Waals surface area contributed by atoms with Crippen LogP contribution in [0.4, 0.5) is 4.79 Å². The number of likely N-dealkylation sites (N-methyl/N-ethyl adjacent to an activating group) is 1. The monoisotopic (exact) mass is 987 g/mol. The number of ether oxygens (including phenoxy) is 1. The summed E-state index contributed by atoms with van der Waals surface area (Å²) in [7, 11) is 1.50. The van der Waals surface area contributed by atoms with Gasteiger partial charge in [-0.05, 0) is 145 Å². The average Bonchev–Trinajstić information content (AvgIpc) is 3.89. The average molecular weight is 988 g/mol. The number of hydrogen-bond acceptors (Lipinski definition) is 10. The molecule has 7 amide bonds. The molecule has 4 heterocycles. The molecule has 17 heteroatoms. The minimum absolute atomic E-state index is 0.00661. The fourth-order valence-corrected chi connectivity index (χ4v) is 13.0. The molecule has 2 aliphatic carbocycles. The van der Waals surface area contributed by atoms with E-state index in [0.717, 1.165) is 69.1 Å². The number of hydrogen-bond donors (Lipinski definition) is 4. The Morgan fingerprint density at radius 3 is 1.55 bits per heavy atom. The van der Waals surface area contributed by atoms with Crippen LogP contribution in [0.1, 0.15) is 147 Å². The van der Waals surface area contributed by atoms with E-state index in [9.17, 15) is 33.6 Å². The quantitative estimate of drug-likeness (QED) is 0.204. The molecular formula is C52H73N7O8S2. The molecule has 4 saturated heterocycles. The first kappa shape index (κ1) is 52.1. The van der Waals surface area contributed by atoms with Crippen molar-refractivity contribution in [1.82, 2.24) is 36.0 Å². The van der Waals surface area contributed by atoms with Crippen LogP contribution in [-0.4, -0.2) is 121 Å². The number of benzene rings is 2. The van der Waals surface area contributed by atoms with Gasteiger partial charge in [-0.2, -0.15) is 0 Å². The lowest BCUT2D eigenvalue weighted by atomic mass is 9.87. The van der Waals surface area contributed by atoms with E-state index in [1.165, 1.54) is 28.6 Å². The van der Waals surface area contributed by atoms with Gasteiger partial charge in [0.25, 0.3) is 0 Å². The standard InChI is InChI=1S/C28H40N4O5S.C24H33N3O3S/c1-17(31(5)27(36)37-28(2,3)4)24(33)30-21-15-16-38-23-14-13-22(32(23)26(21)35)25(34)29-20-12-8-10-18-9-6-7-11-19(18)20;1-3-15(2)22(28)26-19-13-14-31-21-12-11-20(27(21)24(19)30)23(29)25-18-10-6-8-16-7-4-5-9-17(16)18/h6-7,9,11,17,20-23H,8,10,12-16H2,1-5H3,(H,29,34)(H,30,33);4-5,7,9,15,18-21H,3,6,8,10-14H2,1-2H3,(H,25,29)(H,26,28)/t17-,20+,21-,22-,23-;15-,18-,19+,20+,21+/m01/s1. The van der Waals surface area contributed by atoms with E-state index in [-0.39, 0.29) is 58.3 Å². The highest BCUT2D eigenvalue weighted by molar-refractivity contribution is 8.00. The first-order valence-corrected chi connectivity index (χ1v) is 27.3. The predicted octanol–water partition coefficient (Wildman–Crippen LogP) is 6.54. The van der Waals surface area contributed by atoms with Crippen molar-refractivity contribution in [3.05, 3.63) is 70.8 Å². The molecule has 2 aromatic rings. The van der Waals surface area contributed by atoms with E-state index in [1.807, 2.05) is 38.1 Å².